The van der Waals surface area contributed by atoms with Crippen LogP contribution in [0.25, 0.3) is 0 Å². The van der Waals surface area contributed by atoms with Crippen molar-refractivity contribution in [1.82, 2.24) is 0 Å². The van der Waals surface area contributed by atoms with Crippen molar-refractivity contribution in [1.29, 1.82) is 0 Å². The van der Waals surface area contributed by atoms with Crippen LogP contribution < -0.4 is 0 Å². The molecule has 0 fully saturated rings. The van der Waals surface area contributed by atoms with Crippen LogP contribution in [0.1, 0.15) is 12.5 Å². The fourth-order valence-electron chi connectivity index (χ4n) is 1.09. The van der Waals surface area contributed by atoms with E-state index in [1.807, 2.05) is 0 Å². The molecule has 0 spiro atoms. The first kappa shape index (κ1) is 11.5. The lowest BCUT2D eigenvalue weighted by Gasteiger charge is -2.03. The molecule has 1 rings (SSSR count). The Kier molecular flexibility index (Phi) is 3.66. The molecule has 1 nitrogen and oxygen atoms in total. The van der Waals surface area contributed by atoms with Crippen LogP contribution in [-0.4, -0.2) is 12.3 Å². The summed E-state index contributed by atoms with van der Waals surface area (Å²) in [5, 5.41) is 0. The maximum absolute atomic E-state index is 13.2. The summed E-state index contributed by atoms with van der Waals surface area (Å²) in [5.41, 5.74) is 0.280. The van der Waals surface area contributed by atoms with E-state index in [0.717, 1.165) is 6.07 Å². The fourth-order valence-corrected chi connectivity index (χ4v) is 1.09. The topological polar surface area (TPSA) is 12.4 Å². The number of aliphatic imine (C=N–C) groups is 1. The zero-order valence-corrected chi connectivity index (χ0v) is 8.23. The third-order valence-electron chi connectivity index (χ3n) is 1.86. The predicted octanol–water partition coefficient (Wildman–Crippen LogP) is 3.10. The van der Waals surface area contributed by atoms with Gasteiger partial charge in [0, 0.05) is 17.3 Å². The highest BCUT2D eigenvalue weighted by Gasteiger charge is 2.11. The molecule has 0 aliphatic heterocycles. The first-order valence-electron chi connectivity index (χ1n) is 4.33. The molecule has 0 aliphatic carbocycles. The Hall–Kier alpha value is -1.58. The molecule has 0 saturated carbocycles. The lowest BCUT2D eigenvalue weighted by molar-refractivity contribution is 0.494. The maximum Gasteiger partial charge on any atom is 0.161 e. The van der Waals surface area contributed by atoms with Gasteiger partial charge in [0.2, 0.25) is 0 Å². The molecule has 0 aromatic heterocycles. The van der Waals surface area contributed by atoms with Crippen LogP contribution in [0.15, 0.2) is 29.8 Å². The largest absolute Gasteiger partial charge is 0.285 e. The zero-order valence-electron chi connectivity index (χ0n) is 8.23. The van der Waals surface area contributed by atoms with Gasteiger partial charge in [-0.3, -0.25) is 4.99 Å². The van der Waals surface area contributed by atoms with E-state index >= 15 is 0 Å². The van der Waals surface area contributed by atoms with Crippen LogP contribution in [0.5, 0.6) is 0 Å². The van der Waals surface area contributed by atoms with Gasteiger partial charge in [-0.15, -0.1) is 6.58 Å². The van der Waals surface area contributed by atoms with Crippen LogP contribution in [0, 0.1) is 17.5 Å². The molecule has 0 heterocycles. The molecule has 0 saturated heterocycles. The first-order valence-corrected chi connectivity index (χ1v) is 4.33. The Morgan fingerprint density at radius 3 is 2.47 bits per heavy atom. The Morgan fingerprint density at radius 2 is 1.87 bits per heavy atom. The molecule has 0 amide bonds. The van der Waals surface area contributed by atoms with Crippen molar-refractivity contribution in [3.8, 4) is 0 Å². The number of halogens is 3. The van der Waals surface area contributed by atoms with Crippen molar-refractivity contribution < 1.29 is 13.2 Å². The van der Waals surface area contributed by atoms with Crippen LogP contribution in [0.3, 0.4) is 0 Å². The van der Waals surface area contributed by atoms with Gasteiger partial charge in [0.15, 0.2) is 11.6 Å². The summed E-state index contributed by atoms with van der Waals surface area (Å²) in [7, 11) is 0. The van der Waals surface area contributed by atoms with Crippen molar-refractivity contribution in [2.24, 2.45) is 4.99 Å². The Bertz CT molecular complexity index is 411. The van der Waals surface area contributed by atoms with E-state index < -0.39 is 17.5 Å². The van der Waals surface area contributed by atoms with Crippen molar-refractivity contribution in [2.75, 3.05) is 6.54 Å². The van der Waals surface area contributed by atoms with Crippen LogP contribution in [-0.2, 0) is 0 Å². The average molecular weight is 213 g/mol. The minimum atomic E-state index is -1.20. The summed E-state index contributed by atoms with van der Waals surface area (Å²) in [4.78, 5) is 3.91. The third-order valence-corrected chi connectivity index (χ3v) is 1.86. The molecule has 15 heavy (non-hydrogen) atoms. The van der Waals surface area contributed by atoms with Gasteiger partial charge in [0.05, 0.1) is 6.54 Å². The molecule has 0 radical (unpaired) electrons. The van der Waals surface area contributed by atoms with Gasteiger partial charge >= 0.3 is 0 Å². The van der Waals surface area contributed by atoms with E-state index in [1.54, 1.807) is 0 Å². The Morgan fingerprint density at radius 1 is 1.27 bits per heavy atom. The van der Waals surface area contributed by atoms with E-state index in [2.05, 4.69) is 11.6 Å². The molecule has 1 aromatic carbocycles. The third kappa shape index (κ3) is 2.68. The highest BCUT2D eigenvalue weighted by atomic mass is 19.2. The summed E-state index contributed by atoms with van der Waals surface area (Å²) >= 11 is 0. The van der Waals surface area contributed by atoms with Crippen molar-refractivity contribution >= 4 is 5.71 Å². The first-order chi connectivity index (χ1) is 7.06. The van der Waals surface area contributed by atoms with E-state index in [9.17, 15) is 13.2 Å². The van der Waals surface area contributed by atoms with Gasteiger partial charge in [-0.1, -0.05) is 6.08 Å². The fraction of sp³-hybridized carbons (Fsp3) is 0.182. The molecular formula is C11H10F3N. The molecule has 4 heteroatoms. The molecule has 1 aromatic rings. The number of nitrogens with zero attached hydrogens (tertiary/aromatic N) is 1. The van der Waals surface area contributed by atoms with E-state index in [1.165, 1.54) is 13.0 Å². The van der Waals surface area contributed by atoms with Crippen LogP contribution in [0.2, 0.25) is 0 Å². The van der Waals surface area contributed by atoms with E-state index in [0.29, 0.717) is 18.3 Å². The number of benzene rings is 1. The second-order valence-electron chi connectivity index (χ2n) is 2.96. The van der Waals surface area contributed by atoms with Gasteiger partial charge in [0.25, 0.3) is 0 Å². The molecule has 80 valence electrons. The zero-order chi connectivity index (χ0) is 11.4. The summed E-state index contributed by atoms with van der Waals surface area (Å²) in [6.07, 6.45) is 1.53. The molecular weight excluding hydrogens is 203 g/mol. The number of hydrogen-bond donors (Lipinski definition) is 0. The molecule has 0 aliphatic rings. The van der Waals surface area contributed by atoms with Crippen LogP contribution in [0.4, 0.5) is 13.2 Å². The quantitative estimate of drug-likeness (QED) is 0.415. The highest BCUT2D eigenvalue weighted by molar-refractivity contribution is 5.99. The summed E-state index contributed by atoms with van der Waals surface area (Å²) in [6.45, 7) is 5.28. The minimum Gasteiger partial charge on any atom is -0.285 e. The maximum atomic E-state index is 13.2. The summed E-state index contributed by atoms with van der Waals surface area (Å²) in [5.74, 6) is -3.11. The minimum absolute atomic E-state index is 0.0317. The highest BCUT2D eigenvalue weighted by Crippen LogP contribution is 2.14. The lowest BCUT2D eigenvalue weighted by atomic mass is 10.1. The van der Waals surface area contributed by atoms with Gasteiger partial charge in [-0.05, 0) is 13.0 Å². The van der Waals surface area contributed by atoms with Crippen molar-refractivity contribution in [3.05, 3.63) is 47.8 Å². The van der Waals surface area contributed by atoms with Gasteiger partial charge in [-0.25, -0.2) is 13.2 Å². The molecule has 0 N–H and O–H groups in total. The average Bonchev–Trinajstić information content (AvgIpc) is 2.20. The van der Waals surface area contributed by atoms with Gasteiger partial charge in [-0.2, -0.15) is 0 Å². The lowest BCUT2D eigenvalue weighted by Crippen LogP contribution is -2.02. The molecule has 0 unspecified atom stereocenters. The predicted molar refractivity (Wildman–Crippen MR) is 53.6 cm³/mol. The van der Waals surface area contributed by atoms with E-state index in [4.69, 9.17) is 0 Å². The molecule has 0 atom stereocenters. The second-order valence-corrected chi connectivity index (χ2v) is 2.96. The molecule has 0 bridgehead atoms. The van der Waals surface area contributed by atoms with Gasteiger partial charge in [0.1, 0.15) is 5.82 Å². The summed E-state index contributed by atoms with van der Waals surface area (Å²) in [6, 6.07) is 1.31. The van der Waals surface area contributed by atoms with Crippen molar-refractivity contribution in [2.45, 2.75) is 6.92 Å². The standard InChI is InChI=1S/C11H10F3N/c1-3-4-15-7(2)8-5-10(13)11(14)6-9(8)12/h3,5-6H,1,4H2,2H3. The number of hydrogen-bond acceptors (Lipinski definition) is 1. The Balaban J connectivity index is 3.14. The van der Waals surface area contributed by atoms with Gasteiger partial charge < -0.3 is 0 Å². The normalized spacial score (nSPS) is 11.6. The summed E-state index contributed by atoms with van der Waals surface area (Å²) < 4.78 is 38.6. The second kappa shape index (κ2) is 4.77. The SMILES string of the molecule is C=CCN=C(C)c1cc(F)c(F)cc1F. The van der Waals surface area contributed by atoms with Crippen LogP contribution >= 0.6 is 0 Å². The Labute approximate surface area is 86.0 Å². The number of rotatable bonds is 3. The van der Waals surface area contributed by atoms with E-state index in [-0.39, 0.29) is 5.56 Å². The van der Waals surface area contributed by atoms with Crippen molar-refractivity contribution in [3.63, 3.8) is 0 Å². The smallest absolute Gasteiger partial charge is 0.161 e. The monoisotopic (exact) mass is 213 g/mol.